The first-order valence-electron chi connectivity index (χ1n) is 4.90. The highest BCUT2D eigenvalue weighted by Gasteiger charge is 2.36. The SMILES string of the molecule is CCN[C@@H](C(=O)O)C1(C)C=CC=CC1. The van der Waals surface area contributed by atoms with Crippen molar-refractivity contribution < 1.29 is 9.90 Å². The number of likely N-dealkylation sites (N-methyl/N-ethyl adjacent to an activating group) is 1. The summed E-state index contributed by atoms with van der Waals surface area (Å²) in [6, 6.07) is -0.506. The molecule has 78 valence electrons. The van der Waals surface area contributed by atoms with Gasteiger partial charge in [-0.3, -0.25) is 4.79 Å². The molecule has 2 atom stereocenters. The van der Waals surface area contributed by atoms with E-state index in [9.17, 15) is 4.79 Å². The molecule has 3 heteroatoms. The normalized spacial score (nSPS) is 27.6. The van der Waals surface area contributed by atoms with Gasteiger partial charge in [-0.25, -0.2) is 0 Å². The van der Waals surface area contributed by atoms with Crippen molar-refractivity contribution in [3.05, 3.63) is 24.3 Å². The number of carboxylic acid groups (broad SMARTS) is 1. The van der Waals surface area contributed by atoms with E-state index in [4.69, 9.17) is 5.11 Å². The lowest BCUT2D eigenvalue weighted by Crippen LogP contribution is -2.48. The molecule has 1 aliphatic carbocycles. The fraction of sp³-hybridized carbons (Fsp3) is 0.545. The van der Waals surface area contributed by atoms with Crippen LogP contribution >= 0.6 is 0 Å². The summed E-state index contributed by atoms with van der Waals surface area (Å²) >= 11 is 0. The number of rotatable bonds is 4. The summed E-state index contributed by atoms with van der Waals surface area (Å²) < 4.78 is 0. The zero-order valence-electron chi connectivity index (χ0n) is 8.66. The third kappa shape index (κ3) is 2.23. The molecule has 0 saturated heterocycles. The predicted octanol–water partition coefficient (Wildman–Crippen LogP) is 1.57. The Morgan fingerprint density at radius 1 is 1.64 bits per heavy atom. The smallest absolute Gasteiger partial charge is 0.321 e. The lowest BCUT2D eigenvalue weighted by Gasteiger charge is -2.33. The van der Waals surface area contributed by atoms with Gasteiger partial charge in [-0.1, -0.05) is 38.2 Å². The minimum absolute atomic E-state index is 0.309. The van der Waals surface area contributed by atoms with Crippen molar-refractivity contribution in [3.8, 4) is 0 Å². The van der Waals surface area contributed by atoms with Gasteiger partial charge in [0.2, 0.25) is 0 Å². The largest absolute Gasteiger partial charge is 0.480 e. The van der Waals surface area contributed by atoms with Crippen molar-refractivity contribution in [3.63, 3.8) is 0 Å². The number of nitrogens with one attached hydrogen (secondary N) is 1. The fourth-order valence-corrected chi connectivity index (χ4v) is 1.76. The molecule has 1 aliphatic rings. The summed E-state index contributed by atoms with van der Waals surface area (Å²) in [6.07, 6.45) is 8.61. The highest BCUT2D eigenvalue weighted by molar-refractivity contribution is 5.75. The second kappa shape index (κ2) is 4.42. The molecular weight excluding hydrogens is 178 g/mol. The number of hydrogen-bond donors (Lipinski definition) is 2. The van der Waals surface area contributed by atoms with Crippen molar-refractivity contribution >= 4 is 5.97 Å². The van der Waals surface area contributed by atoms with E-state index in [1.807, 2.05) is 38.2 Å². The molecule has 0 saturated carbocycles. The molecule has 3 nitrogen and oxygen atoms in total. The van der Waals surface area contributed by atoms with Crippen LogP contribution in [0, 0.1) is 5.41 Å². The predicted molar refractivity (Wildman–Crippen MR) is 56.1 cm³/mol. The molecule has 1 unspecified atom stereocenters. The third-order valence-electron chi connectivity index (χ3n) is 2.60. The third-order valence-corrected chi connectivity index (χ3v) is 2.60. The van der Waals surface area contributed by atoms with Gasteiger partial charge in [0.25, 0.3) is 0 Å². The summed E-state index contributed by atoms with van der Waals surface area (Å²) in [6.45, 7) is 4.56. The maximum absolute atomic E-state index is 11.1. The van der Waals surface area contributed by atoms with Crippen LogP contribution in [-0.2, 0) is 4.79 Å². The molecule has 0 aromatic heterocycles. The first-order valence-corrected chi connectivity index (χ1v) is 4.90. The average Bonchev–Trinajstić information content (AvgIpc) is 2.14. The lowest BCUT2D eigenvalue weighted by atomic mass is 9.77. The minimum Gasteiger partial charge on any atom is -0.480 e. The van der Waals surface area contributed by atoms with E-state index >= 15 is 0 Å². The van der Waals surface area contributed by atoms with Crippen LogP contribution in [0.5, 0.6) is 0 Å². The van der Waals surface area contributed by atoms with Crippen LogP contribution in [0.25, 0.3) is 0 Å². The first kappa shape index (κ1) is 11.0. The monoisotopic (exact) mass is 195 g/mol. The van der Waals surface area contributed by atoms with Gasteiger partial charge in [0.05, 0.1) is 0 Å². The molecule has 14 heavy (non-hydrogen) atoms. The Labute approximate surface area is 84.5 Å². The summed E-state index contributed by atoms with van der Waals surface area (Å²) in [5, 5.41) is 12.1. The summed E-state index contributed by atoms with van der Waals surface area (Å²) in [5.74, 6) is -0.783. The minimum atomic E-state index is -0.783. The Morgan fingerprint density at radius 2 is 2.36 bits per heavy atom. The van der Waals surface area contributed by atoms with E-state index in [2.05, 4.69) is 5.32 Å². The van der Waals surface area contributed by atoms with Crippen molar-refractivity contribution in [2.24, 2.45) is 5.41 Å². The number of carbonyl (C=O) groups is 1. The first-order chi connectivity index (χ1) is 6.60. The van der Waals surface area contributed by atoms with E-state index in [-0.39, 0.29) is 5.41 Å². The molecule has 0 aromatic rings. The van der Waals surface area contributed by atoms with Gasteiger partial charge in [-0.05, 0) is 13.0 Å². The van der Waals surface area contributed by atoms with Crippen LogP contribution in [0.4, 0.5) is 0 Å². The van der Waals surface area contributed by atoms with E-state index in [1.165, 1.54) is 0 Å². The number of carboxylic acids is 1. The van der Waals surface area contributed by atoms with Crippen LogP contribution in [0.2, 0.25) is 0 Å². The van der Waals surface area contributed by atoms with Crippen LogP contribution in [0.3, 0.4) is 0 Å². The van der Waals surface area contributed by atoms with Crippen LogP contribution in [0.1, 0.15) is 20.3 Å². The van der Waals surface area contributed by atoms with Crippen molar-refractivity contribution in [2.45, 2.75) is 26.3 Å². The number of allylic oxidation sites excluding steroid dienone is 3. The van der Waals surface area contributed by atoms with Gasteiger partial charge in [0.1, 0.15) is 6.04 Å². The lowest BCUT2D eigenvalue weighted by molar-refractivity contribution is -0.142. The van der Waals surface area contributed by atoms with Crippen LogP contribution in [0.15, 0.2) is 24.3 Å². The molecule has 1 rings (SSSR count). The van der Waals surface area contributed by atoms with E-state index in [1.54, 1.807) is 0 Å². The van der Waals surface area contributed by atoms with E-state index in [0.29, 0.717) is 6.54 Å². The van der Waals surface area contributed by atoms with Crippen LogP contribution < -0.4 is 5.32 Å². The highest BCUT2D eigenvalue weighted by atomic mass is 16.4. The topological polar surface area (TPSA) is 49.3 Å². The second-order valence-electron chi connectivity index (χ2n) is 3.83. The Balaban J connectivity index is 2.81. The van der Waals surface area contributed by atoms with Gasteiger partial charge in [0.15, 0.2) is 0 Å². The molecule has 0 fully saturated rings. The maximum atomic E-state index is 11.1. The summed E-state index contributed by atoms with van der Waals surface area (Å²) in [4.78, 5) is 11.1. The van der Waals surface area contributed by atoms with Gasteiger partial charge in [-0.15, -0.1) is 0 Å². The zero-order chi connectivity index (χ0) is 10.6. The van der Waals surface area contributed by atoms with E-state index < -0.39 is 12.0 Å². The van der Waals surface area contributed by atoms with Crippen molar-refractivity contribution in [2.75, 3.05) is 6.54 Å². The van der Waals surface area contributed by atoms with Gasteiger partial charge in [0, 0.05) is 5.41 Å². The van der Waals surface area contributed by atoms with Crippen LogP contribution in [-0.4, -0.2) is 23.7 Å². The number of aliphatic carboxylic acids is 1. The zero-order valence-corrected chi connectivity index (χ0v) is 8.66. The molecular formula is C11H17NO2. The van der Waals surface area contributed by atoms with Crippen molar-refractivity contribution in [1.29, 1.82) is 0 Å². The highest BCUT2D eigenvalue weighted by Crippen LogP contribution is 2.31. The van der Waals surface area contributed by atoms with Gasteiger partial charge >= 0.3 is 5.97 Å². The quantitative estimate of drug-likeness (QED) is 0.716. The number of hydrogen-bond acceptors (Lipinski definition) is 2. The molecule has 0 aromatic carbocycles. The van der Waals surface area contributed by atoms with Crippen molar-refractivity contribution in [1.82, 2.24) is 5.32 Å². The van der Waals surface area contributed by atoms with E-state index in [0.717, 1.165) is 6.42 Å². The fourth-order valence-electron chi connectivity index (χ4n) is 1.76. The Kier molecular flexibility index (Phi) is 3.47. The molecule has 0 spiro atoms. The van der Waals surface area contributed by atoms with Gasteiger partial charge in [-0.2, -0.15) is 0 Å². The Morgan fingerprint density at radius 3 is 2.79 bits per heavy atom. The molecule has 0 heterocycles. The molecule has 0 radical (unpaired) electrons. The summed E-state index contributed by atoms with van der Waals surface area (Å²) in [7, 11) is 0. The Hall–Kier alpha value is -1.09. The summed E-state index contributed by atoms with van der Waals surface area (Å²) in [5.41, 5.74) is -0.309. The average molecular weight is 195 g/mol. The second-order valence-corrected chi connectivity index (χ2v) is 3.83. The molecule has 0 bridgehead atoms. The van der Waals surface area contributed by atoms with Gasteiger partial charge < -0.3 is 10.4 Å². The molecule has 0 amide bonds. The standard InChI is InChI=1S/C11H17NO2/c1-3-12-9(10(13)14)11(2)7-5-4-6-8-11/h4-7,9,12H,3,8H2,1-2H3,(H,13,14)/t9-,11?/m0/s1. The Bertz CT molecular complexity index is 270. The molecule has 2 N–H and O–H groups in total. The molecule has 0 aliphatic heterocycles. The maximum Gasteiger partial charge on any atom is 0.321 e.